The van der Waals surface area contributed by atoms with Gasteiger partial charge in [0.25, 0.3) is 0 Å². The van der Waals surface area contributed by atoms with Gasteiger partial charge in [0.15, 0.2) is 6.61 Å². The third kappa shape index (κ3) is 4.57. The number of ether oxygens (including phenoxy) is 2. The molecule has 1 aromatic rings. The van der Waals surface area contributed by atoms with Crippen LogP contribution >= 0.6 is 0 Å². The van der Waals surface area contributed by atoms with E-state index in [1.165, 1.54) is 12.1 Å². The largest absolute Gasteiger partial charge is 0.484 e. The number of hydrogen-bond acceptors (Lipinski definition) is 4. The van der Waals surface area contributed by atoms with E-state index >= 15 is 0 Å². The van der Waals surface area contributed by atoms with Crippen molar-refractivity contribution in [1.82, 2.24) is 4.90 Å². The molecule has 112 valence electrons. The minimum absolute atomic E-state index is 0.225. The number of alkyl halides is 3. The molecule has 1 fully saturated rings. The van der Waals surface area contributed by atoms with Gasteiger partial charge in [0.05, 0.1) is 13.2 Å². The number of halogens is 3. The average Bonchev–Trinajstić information content (AvgIpc) is 2.38. The quantitative estimate of drug-likeness (QED) is 0.862. The SMILES string of the molecule is Nc1ccc(OCC(F)(F)F)c(CN2CCOCC2)c1. The summed E-state index contributed by atoms with van der Waals surface area (Å²) in [6.45, 7) is 1.94. The van der Waals surface area contributed by atoms with E-state index in [9.17, 15) is 13.2 Å². The first-order chi connectivity index (χ1) is 9.44. The predicted molar refractivity (Wildman–Crippen MR) is 68.5 cm³/mol. The Morgan fingerprint density at radius 3 is 2.60 bits per heavy atom. The van der Waals surface area contributed by atoms with Crippen LogP contribution in [-0.4, -0.2) is 44.0 Å². The first kappa shape index (κ1) is 14.9. The molecule has 0 bridgehead atoms. The van der Waals surface area contributed by atoms with E-state index < -0.39 is 12.8 Å². The molecule has 2 N–H and O–H groups in total. The summed E-state index contributed by atoms with van der Waals surface area (Å²) in [5, 5.41) is 0. The van der Waals surface area contributed by atoms with Gasteiger partial charge in [-0.05, 0) is 18.2 Å². The summed E-state index contributed by atoms with van der Waals surface area (Å²) in [6.07, 6.45) is -4.35. The molecule has 4 nitrogen and oxygen atoms in total. The van der Waals surface area contributed by atoms with E-state index in [-0.39, 0.29) is 5.75 Å². The molecule has 1 aromatic carbocycles. The van der Waals surface area contributed by atoms with Gasteiger partial charge in [-0.1, -0.05) is 0 Å². The van der Waals surface area contributed by atoms with Crippen LogP contribution in [0.4, 0.5) is 18.9 Å². The lowest BCUT2D eigenvalue weighted by atomic mass is 10.1. The van der Waals surface area contributed by atoms with Gasteiger partial charge in [0.2, 0.25) is 0 Å². The highest BCUT2D eigenvalue weighted by Gasteiger charge is 2.29. The van der Waals surface area contributed by atoms with Gasteiger partial charge in [-0.3, -0.25) is 4.90 Å². The lowest BCUT2D eigenvalue weighted by Crippen LogP contribution is -2.35. The lowest BCUT2D eigenvalue weighted by molar-refractivity contribution is -0.153. The molecule has 1 aliphatic rings. The van der Waals surface area contributed by atoms with E-state index in [0.717, 1.165) is 13.1 Å². The number of nitrogens with zero attached hydrogens (tertiary/aromatic N) is 1. The van der Waals surface area contributed by atoms with Crippen molar-refractivity contribution >= 4 is 5.69 Å². The Bertz CT molecular complexity index is 446. The topological polar surface area (TPSA) is 47.7 Å². The fourth-order valence-corrected chi connectivity index (χ4v) is 2.02. The van der Waals surface area contributed by atoms with Gasteiger partial charge in [-0.25, -0.2) is 0 Å². The van der Waals surface area contributed by atoms with Crippen LogP contribution in [0.15, 0.2) is 18.2 Å². The summed E-state index contributed by atoms with van der Waals surface area (Å²) in [6, 6.07) is 4.67. The molecule has 0 saturated carbocycles. The Morgan fingerprint density at radius 2 is 1.95 bits per heavy atom. The highest BCUT2D eigenvalue weighted by Crippen LogP contribution is 2.25. The highest BCUT2D eigenvalue weighted by molar-refractivity contribution is 5.47. The Balaban J connectivity index is 2.06. The molecule has 0 amide bonds. The number of benzene rings is 1. The van der Waals surface area contributed by atoms with Crippen LogP contribution in [-0.2, 0) is 11.3 Å². The van der Waals surface area contributed by atoms with Crippen molar-refractivity contribution in [3.63, 3.8) is 0 Å². The zero-order chi connectivity index (χ0) is 14.6. The normalized spacial score (nSPS) is 17.1. The molecule has 2 rings (SSSR count). The maximum atomic E-state index is 12.2. The van der Waals surface area contributed by atoms with Crippen LogP contribution < -0.4 is 10.5 Å². The van der Waals surface area contributed by atoms with E-state index in [2.05, 4.69) is 4.90 Å². The number of anilines is 1. The molecule has 0 aliphatic carbocycles. The number of nitrogen functional groups attached to an aromatic ring is 1. The van der Waals surface area contributed by atoms with Crippen molar-refractivity contribution in [3.05, 3.63) is 23.8 Å². The number of nitrogens with two attached hydrogens (primary N) is 1. The summed E-state index contributed by atoms with van der Waals surface area (Å²) < 4.78 is 46.8. The Morgan fingerprint density at radius 1 is 1.25 bits per heavy atom. The fourth-order valence-electron chi connectivity index (χ4n) is 2.02. The summed E-state index contributed by atoms with van der Waals surface area (Å²) in [5.41, 5.74) is 6.86. The molecule has 1 heterocycles. The maximum absolute atomic E-state index is 12.2. The second-order valence-corrected chi connectivity index (χ2v) is 4.66. The van der Waals surface area contributed by atoms with Crippen LogP contribution in [0.25, 0.3) is 0 Å². The smallest absolute Gasteiger partial charge is 0.422 e. The van der Waals surface area contributed by atoms with Gasteiger partial charge < -0.3 is 15.2 Å². The number of rotatable bonds is 4. The van der Waals surface area contributed by atoms with E-state index in [1.807, 2.05) is 0 Å². The lowest BCUT2D eigenvalue weighted by Gasteiger charge is -2.27. The minimum Gasteiger partial charge on any atom is -0.484 e. The zero-order valence-electron chi connectivity index (χ0n) is 10.9. The summed E-state index contributed by atoms with van der Waals surface area (Å²) in [7, 11) is 0. The van der Waals surface area contributed by atoms with Crippen molar-refractivity contribution in [1.29, 1.82) is 0 Å². The van der Waals surface area contributed by atoms with Crippen LogP contribution in [0.3, 0.4) is 0 Å². The molecule has 7 heteroatoms. The van der Waals surface area contributed by atoms with E-state index in [0.29, 0.717) is 31.0 Å². The minimum atomic E-state index is -4.35. The molecule has 0 radical (unpaired) electrons. The Labute approximate surface area is 115 Å². The summed E-state index contributed by atoms with van der Waals surface area (Å²) in [5.74, 6) is 0.225. The molecular weight excluding hydrogens is 273 g/mol. The third-order valence-electron chi connectivity index (χ3n) is 2.97. The first-order valence-electron chi connectivity index (χ1n) is 6.32. The van der Waals surface area contributed by atoms with Crippen LogP contribution in [0.5, 0.6) is 5.75 Å². The van der Waals surface area contributed by atoms with Crippen molar-refractivity contribution in [2.45, 2.75) is 12.7 Å². The monoisotopic (exact) mass is 290 g/mol. The standard InChI is InChI=1S/C13H17F3N2O2/c14-13(15,16)9-20-12-2-1-11(17)7-10(12)8-18-3-5-19-6-4-18/h1-2,7H,3-6,8-9,17H2. The van der Waals surface area contributed by atoms with Crippen LogP contribution in [0.1, 0.15) is 5.56 Å². The summed E-state index contributed by atoms with van der Waals surface area (Å²) in [4.78, 5) is 2.10. The van der Waals surface area contributed by atoms with Gasteiger partial charge in [-0.15, -0.1) is 0 Å². The van der Waals surface area contributed by atoms with Crippen molar-refractivity contribution in [2.24, 2.45) is 0 Å². The van der Waals surface area contributed by atoms with Crippen molar-refractivity contribution < 1.29 is 22.6 Å². The zero-order valence-corrected chi connectivity index (χ0v) is 10.9. The molecule has 1 aliphatic heterocycles. The van der Waals surface area contributed by atoms with Gasteiger partial charge >= 0.3 is 6.18 Å². The molecule has 1 saturated heterocycles. The third-order valence-corrected chi connectivity index (χ3v) is 2.97. The molecule has 0 unspecified atom stereocenters. The molecule has 0 aromatic heterocycles. The number of morpholine rings is 1. The number of hydrogen-bond donors (Lipinski definition) is 1. The van der Waals surface area contributed by atoms with Crippen LogP contribution in [0, 0.1) is 0 Å². The molecule has 20 heavy (non-hydrogen) atoms. The highest BCUT2D eigenvalue weighted by atomic mass is 19.4. The molecular formula is C13H17F3N2O2. The van der Waals surface area contributed by atoms with Gasteiger partial charge in [0, 0.05) is 30.9 Å². The van der Waals surface area contributed by atoms with Gasteiger partial charge in [0.1, 0.15) is 5.75 Å². The second-order valence-electron chi connectivity index (χ2n) is 4.66. The first-order valence-corrected chi connectivity index (χ1v) is 6.32. The van der Waals surface area contributed by atoms with E-state index in [4.69, 9.17) is 15.2 Å². The average molecular weight is 290 g/mol. The summed E-state index contributed by atoms with van der Waals surface area (Å²) >= 11 is 0. The predicted octanol–water partition coefficient (Wildman–Crippen LogP) is 2.04. The van der Waals surface area contributed by atoms with Crippen molar-refractivity contribution in [2.75, 3.05) is 38.6 Å². The Kier molecular flexibility index (Phi) is 4.72. The Hall–Kier alpha value is -1.47. The van der Waals surface area contributed by atoms with Crippen molar-refractivity contribution in [3.8, 4) is 5.75 Å². The fraction of sp³-hybridized carbons (Fsp3) is 0.538. The van der Waals surface area contributed by atoms with E-state index in [1.54, 1.807) is 6.07 Å². The second kappa shape index (κ2) is 6.32. The maximum Gasteiger partial charge on any atom is 0.422 e. The van der Waals surface area contributed by atoms with Gasteiger partial charge in [-0.2, -0.15) is 13.2 Å². The molecule has 0 atom stereocenters. The van der Waals surface area contributed by atoms with Crippen LogP contribution in [0.2, 0.25) is 0 Å². The molecule has 0 spiro atoms.